The smallest absolute Gasteiger partial charge is 0.214 e. The van der Waals surface area contributed by atoms with Crippen LogP contribution in [-0.4, -0.2) is 63.4 Å². The van der Waals surface area contributed by atoms with Crippen molar-refractivity contribution < 1.29 is 8.42 Å². The third-order valence-corrected chi connectivity index (χ3v) is 7.22. The Morgan fingerprint density at radius 2 is 2.11 bits per heavy atom. The lowest BCUT2D eigenvalue weighted by Gasteiger charge is -2.34. The van der Waals surface area contributed by atoms with E-state index in [1.54, 1.807) is 15.2 Å². The van der Waals surface area contributed by atoms with Crippen LogP contribution in [0.25, 0.3) is 11.4 Å². The van der Waals surface area contributed by atoms with Crippen molar-refractivity contribution in [3.05, 3.63) is 24.2 Å². The molecule has 2 atom stereocenters. The molecule has 4 rings (SSSR count). The van der Waals surface area contributed by atoms with Gasteiger partial charge in [0.1, 0.15) is 11.6 Å². The van der Waals surface area contributed by atoms with Crippen molar-refractivity contribution in [1.82, 2.24) is 24.1 Å². The van der Waals surface area contributed by atoms with Gasteiger partial charge >= 0.3 is 0 Å². The topological polar surface area (TPSA) is 108 Å². The largest absolute Gasteiger partial charge is 0.349 e. The summed E-state index contributed by atoms with van der Waals surface area (Å²) in [5.41, 5.74) is 1.18. The molecule has 2 aromatic rings. The van der Waals surface area contributed by atoms with Gasteiger partial charge in [-0.2, -0.15) is 14.7 Å². The van der Waals surface area contributed by atoms with Crippen molar-refractivity contribution >= 4 is 15.8 Å². The molecule has 27 heavy (non-hydrogen) atoms. The van der Waals surface area contributed by atoms with Crippen molar-refractivity contribution in [2.75, 3.05) is 23.7 Å². The highest BCUT2D eigenvalue weighted by Gasteiger charge is 2.48. The highest BCUT2D eigenvalue weighted by atomic mass is 32.2. The maximum Gasteiger partial charge on any atom is 0.214 e. The Morgan fingerprint density at radius 1 is 1.30 bits per heavy atom. The van der Waals surface area contributed by atoms with E-state index in [1.165, 1.54) is 6.20 Å². The number of nitrogens with zero attached hydrogens (tertiary/aromatic N) is 7. The fourth-order valence-electron chi connectivity index (χ4n) is 3.95. The third kappa shape index (κ3) is 3.07. The quantitative estimate of drug-likeness (QED) is 0.745. The first-order chi connectivity index (χ1) is 12.9. The van der Waals surface area contributed by atoms with Gasteiger partial charge in [-0.05, 0) is 12.8 Å². The second kappa shape index (κ2) is 6.58. The zero-order valence-corrected chi connectivity index (χ0v) is 16.1. The number of aryl methyl sites for hydroxylation is 1. The van der Waals surface area contributed by atoms with E-state index in [9.17, 15) is 13.7 Å². The first-order valence-electron chi connectivity index (χ1n) is 8.95. The molecule has 2 aliphatic heterocycles. The molecule has 2 aliphatic rings. The minimum atomic E-state index is -3.21. The molecule has 2 fully saturated rings. The second-order valence-corrected chi connectivity index (χ2v) is 9.07. The van der Waals surface area contributed by atoms with Crippen molar-refractivity contribution in [2.45, 2.75) is 31.8 Å². The van der Waals surface area contributed by atoms with Crippen molar-refractivity contribution in [3.8, 4) is 17.5 Å². The molecule has 4 heterocycles. The van der Waals surface area contributed by atoms with Gasteiger partial charge in [0.2, 0.25) is 10.0 Å². The zero-order chi connectivity index (χ0) is 19.2. The van der Waals surface area contributed by atoms with Crippen LogP contribution in [0.2, 0.25) is 0 Å². The Labute approximate surface area is 158 Å². The maximum atomic E-state index is 12.5. The van der Waals surface area contributed by atoms with Crippen LogP contribution in [0.1, 0.15) is 25.3 Å². The molecule has 0 saturated carbocycles. The van der Waals surface area contributed by atoms with Gasteiger partial charge in [0.15, 0.2) is 11.6 Å². The van der Waals surface area contributed by atoms with Crippen LogP contribution < -0.4 is 4.90 Å². The van der Waals surface area contributed by atoms with Gasteiger partial charge in [0.05, 0.1) is 23.7 Å². The molecule has 2 bridgehead atoms. The monoisotopic (exact) mass is 387 g/mol. The van der Waals surface area contributed by atoms with E-state index in [-0.39, 0.29) is 17.8 Å². The number of hydrogen-bond acceptors (Lipinski definition) is 7. The van der Waals surface area contributed by atoms with Gasteiger partial charge in [-0.1, -0.05) is 6.92 Å². The summed E-state index contributed by atoms with van der Waals surface area (Å²) in [6.07, 6.45) is 6.40. The summed E-state index contributed by atoms with van der Waals surface area (Å²) < 4.78 is 28.2. The first-order valence-corrected chi connectivity index (χ1v) is 10.6. The van der Waals surface area contributed by atoms with Crippen LogP contribution in [0.3, 0.4) is 0 Å². The number of aromatic nitrogens is 4. The van der Waals surface area contributed by atoms with Crippen LogP contribution in [0, 0.1) is 11.3 Å². The molecule has 0 aliphatic carbocycles. The van der Waals surface area contributed by atoms with E-state index in [4.69, 9.17) is 0 Å². The Hall–Kier alpha value is -2.51. The number of hydrogen-bond donors (Lipinski definition) is 0. The van der Waals surface area contributed by atoms with Gasteiger partial charge in [-0.15, -0.1) is 0 Å². The molecule has 0 unspecified atom stereocenters. The lowest BCUT2D eigenvalue weighted by Crippen LogP contribution is -2.49. The van der Waals surface area contributed by atoms with E-state index >= 15 is 0 Å². The number of anilines is 1. The third-order valence-electron chi connectivity index (χ3n) is 5.13. The second-order valence-electron chi connectivity index (χ2n) is 7.03. The number of piperazine rings is 1. The Balaban J connectivity index is 1.63. The van der Waals surface area contributed by atoms with Gasteiger partial charge in [-0.25, -0.2) is 18.4 Å². The molecule has 0 spiro atoms. The van der Waals surface area contributed by atoms with Crippen molar-refractivity contribution in [3.63, 3.8) is 0 Å². The molecule has 0 amide bonds. The lowest BCUT2D eigenvalue weighted by molar-refractivity contribution is 0.367. The summed E-state index contributed by atoms with van der Waals surface area (Å²) in [7, 11) is -1.39. The van der Waals surface area contributed by atoms with E-state index in [0.717, 1.165) is 12.0 Å². The average Bonchev–Trinajstić information content (AvgIpc) is 3.36. The van der Waals surface area contributed by atoms with Gasteiger partial charge in [0.25, 0.3) is 0 Å². The summed E-state index contributed by atoms with van der Waals surface area (Å²) in [5, 5.41) is 13.6. The highest BCUT2D eigenvalue weighted by molar-refractivity contribution is 7.89. The fraction of sp³-hybridized carbons (Fsp3) is 0.529. The highest BCUT2D eigenvalue weighted by Crippen LogP contribution is 2.37. The first kappa shape index (κ1) is 17.9. The molecule has 0 N–H and O–H groups in total. The summed E-state index contributed by atoms with van der Waals surface area (Å²) in [6.45, 7) is 2.87. The fourth-order valence-corrected chi connectivity index (χ4v) is 5.71. The Kier molecular flexibility index (Phi) is 4.36. The normalized spacial score (nSPS) is 22.3. The zero-order valence-electron chi connectivity index (χ0n) is 15.3. The number of sulfonamides is 1. The van der Waals surface area contributed by atoms with E-state index in [1.807, 2.05) is 20.2 Å². The molecule has 9 nitrogen and oxygen atoms in total. The molecular weight excluding hydrogens is 366 g/mol. The van der Waals surface area contributed by atoms with Gasteiger partial charge < -0.3 is 4.90 Å². The Morgan fingerprint density at radius 3 is 2.70 bits per heavy atom. The summed E-state index contributed by atoms with van der Waals surface area (Å²) >= 11 is 0. The minimum absolute atomic E-state index is 0.0328. The molecule has 142 valence electrons. The van der Waals surface area contributed by atoms with Crippen LogP contribution in [-0.2, 0) is 17.1 Å². The SMILES string of the molecule is CCCS(=O)(=O)N1C[C@@H]2C[C@@H]1CN2c1nc(-c2cnn(C)c2)ncc1C#N. The maximum absolute atomic E-state index is 12.5. The lowest BCUT2D eigenvalue weighted by atomic mass is 10.2. The molecular formula is C17H21N7O2S. The standard InChI is InChI=1S/C17H21N7O2S/c1-3-4-27(25,26)24-11-14-5-15(24)10-23(14)17-12(6-18)7-19-16(21-17)13-8-20-22(2)9-13/h7-9,14-15H,3-5,10-11H2,1-2H3/t14-,15+/m0/s1. The molecule has 2 saturated heterocycles. The number of fused-ring (bicyclic) bond motifs is 2. The van der Waals surface area contributed by atoms with Gasteiger partial charge in [-0.3, -0.25) is 4.68 Å². The number of nitriles is 1. The van der Waals surface area contributed by atoms with Crippen LogP contribution in [0.5, 0.6) is 0 Å². The predicted molar refractivity (Wildman–Crippen MR) is 99.3 cm³/mol. The summed E-state index contributed by atoms with van der Waals surface area (Å²) in [4.78, 5) is 11.0. The van der Waals surface area contributed by atoms with Crippen LogP contribution >= 0.6 is 0 Å². The van der Waals surface area contributed by atoms with E-state index in [0.29, 0.717) is 36.7 Å². The summed E-state index contributed by atoms with van der Waals surface area (Å²) in [6, 6.07) is 2.13. The average molecular weight is 387 g/mol. The van der Waals surface area contributed by atoms with E-state index in [2.05, 4.69) is 26.0 Å². The number of rotatable bonds is 5. The van der Waals surface area contributed by atoms with Crippen LogP contribution in [0.15, 0.2) is 18.6 Å². The van der Waals surface area contributed by atoms with Crippen molar-refractivity contribution in [1.29, 1.82) is 5.26 Å². The van der Waals surface area contributed by atoms with Crippen molar-refractivity contribution in [2.24, 2.45) is 7.05 Å². The Bertz CT molecular complexity index is 1010. The minimum Gasteiger partial charge on any atom is -0.349 e. The van der Waals surface area contributed by atoms with Crippen LogP contribution in [0.4, 0.5) is 5.82 Å². The predicted octanol–water partition coefficient (Wildman–Crippen LogP) is 0.751. The molecule has 10 heteroatoms. The summed E-state index contributed by atoms with van der Waals surface area (Å²) in [5.74, 6) is 1.26. The molecule has 0 radical (unpaired) electrons. The molecule has 0 aromatic carbocycles. The van der Waals surface area contributed by atoms with E-state index < -0.39 is 10.0 Å². The molecule has 2 aromatic heterocycles. The van der Waals surface area contributed by atoms with Gasteiger partial charge in [0, 0.05) is 38.4 Å².